The topological polar surface area (TPSA) is 23.5 Å². The number of unbranched alkanes of at least 4 members (excludes halogenated alkanes) is 2. The largest absolute Gasteiger partial charge is 0.396 e. The van der Waals surface area contributed by atoms with Crippen molar-refractivity contribution in [1.82, 2.24) is 4.90 Å². The van der Waals surface area contributed by atoms with Gasteiger partial charge < -0.3 is 10.0 Å². The number of rotatable bonds is 10. The van der Waals surface area contributed by atoms with Crippen molar-refractivity contribution in [3.63, 3.8) is 0 Å². The van der Waals surface area contributed by atoms with Crippen molar-refractivity contribution in [2.24, 2.45) is 0 Å². The lowest BCUT2D eigenvalue weighted by atomic mass is 10.2. The van der Waals surface area contributed by atoms with Crippen LogP contribution in [0.1, 0.15) is 32.6 Å². The highest BCUT2D eigenvalue weighted by Gasteiger charge is 1.97. The van der Waals surface area contributed by atoms with E-state index in [-0.39, 0.29) is 0 Å². The molecule has 0 fully saturated rings. The fourth-order valence-corrected chi connectivity index (χ4v) is 2.21. The smallest absolute Gasteiger partial charge is 0.0438 e. The van der Waals surface area contributed by atoms with E-state index in [9.17, 15) is 0 Å². The first-order valence-corrected chi connectivity index (χ1v) is 6.84. The molecule has 3 heteroatoms. The Morgan fingerprint density at radius 3 is 2.50 bits per heavy atom. The lowest BCUT2D eigenvalue weighted by Crippen LogP contribution is -2.22. The quantitative estimate of drug-likeness (QED) is 0.570. The lowest BCUT2D eigenvalue weighted by molar-refractivity contribution is 0.296. The fourth-order valence-electron chi connectivity index (χ4n) is 1.23. The third kappa shape index (κ3) is 10.4. The maximum absolute atomic E-state index is 8.59. The van der Waals surface area contributed by atoms with Crippen LogP contribution in [0.4, 0.5) is 0 Å². The fraction of sp³-hybridized carbons (Fsp3) is 1.00. The Morgan fingerprint density at radius 2 is 1.86 bits per heavy atom. The Kier molecular flexibility index (Phi) is 11.6. The Balaban J connectivity index is 3.06. The summed E-state index contributed by atoms with van der Waals surface area (Å²) in [5.41, 5.74) is 0. The number of nitrogens with zero attached hydrogens (tertiary/aromatic N) is 1. The van der Waals surface area contributed by atoms with Crippen LogP contribution >= 0.6 is 11.8 Å². The summed E-state index contributed by atoms with van der Waals surface area (Å²) in [5, 5.41) is 8.59. The van der Waals surface area contributed by atoms with Crippen LogP contribution < -0.4 is 0 Å². The van der Waals surface area contributed by atoms with Gasteiger partial charge in [0.2, 0.25) is 0 Å². The second-order valence-electron chi connectivity index (χ2n) is 3.70. The molecule has 0 aliphatic heterocycles. The zero-order chi connectivity index (χ0) is 10.6. The molecule has 0 aromatic heterocycles. The molecule has 0 radical (unpaired) electrons. The average molecular weight is 219 g/mol. The van der Waals surface area contributed by atoms with E-state index in [1.807, 2.05) is 11.8 Å². The third-order valence-corrected chi connectivity index (χ3v) is 3.26. The molecule has 0 bridgehead atoms. The molecule has 0 spiro atoms. The molecule has 0 aromatic carbocycles. The van der Waals surface area contributed by atoms with Gasteiger partial charge >= 0.3 is 0 Å². The van der Waals surface area contributed by atoms with Crippen LogP contribution in [0.15, 0.2) is 0 Å². The van der Waals surface area contributed by atoms with Gasteiger partial charge in [-0.25, -0.2) is 0 Å². The predicted octanol–water partition coefficient (Wildman–Crippen LogP) is 2.22. The minimum atomic E-state index is 0.333. The van der Waals surface area contributed by atoms with Crippen LogP contribution in [0.2, 0.25) is 0 Å². The highest BCUT2D eigenvalue weighted by Crippen LogP contribution is 2.03. The minimum Gasteiger partial charge on any atom is -0.396 e. The van der Waals surface area contributed by atoms with Crippen molar-refractivity contribution >= 4 is 11.8 Å². The first kappa shape index (κ1) is 14.3. The highest BCUT2D eigenvalue weighted by atomic mass is 32.2. The van der Waals surface area contributed by atoms with Crippen molar-refractivity contribution in [1.29, 1.82) is 0 Å². The molecule has 14 heavy (non-hydrogen) atoms. The molecule has 0 aliphatic carbocycles. The highest BCUT2D eigenvalue weighted by molar-refractivity contribution is 7.99. The van der Waals surface area contributed by atoms with Crippen LogP contribution in [0.5, 0.6) is 0 Å². The van der Waals surface area contributed by atoms with Gasteiger partial charge in [0.1, 0.15) is 0 Å². The molecule has 0 saturated heterocycles. The summed E-state index contributed by atoms with van der Waals surface area (Å²) in [6, 6.07) is 0. The van der Waals surface area contributed by atoms with E-state index in [1.54, 1.807) is 0 Å². The molecule has 0 aromatic rings. The van der Waals surface area contributed by atoms with Crippen LogP contribution in [0, 0.1) is 0 Å². The Bertz CT molecular complexity index is 111. The zero-order valence-corrected chi connectivity index (χ0v) is 10.5. The van der Waals surface area contributed by atoms with Crippen molar-refractivity contribution in [3.05, 3.63) is 0 Å². The number of hydrogen-bond acceptors (Lipinski definition) is 3. The lowest BCUT2D eigenvalue weighted by Gasteiger charge is -2.15. The molecular weight excluding hydrogens is 194 g/mol. The van der Waals surface area contributed by atoms with Crippen molar-refractivity contribution in [2.75, 3.05) is 38.2 Å². The first-order valence-electron chi connectivity index (χ1n) is 5.68. The van der Waals surface area contributed by atoms with E-state index >= 15 is 0 Å². The molecule has 0 heterocycles. The standard InChI is InChI=1S/C11H25NOS/c1-3-4-5-7-12(2)8-11-14-10-6-9-13/h13H,3-11H2,1-2H3. The van der Waals surface area contributed by atoms with Crippen LogP contribution in [-0.2, 0) is 0 Å². The summed E-state index contributed by atoms with van der Waals surface area (Å²) >= 11 is 1.94. The van der Waals surface area contributed by atoms with Gasteiger partial charge in [-0.1, -0.05) is 19.8 Å². The number of thioether (sulfide) groups is 1. The molecule has 0 unspecified atom stereocenters. The normalized spacial score (nSPS) is 11.1. The molecule has 0 saturated carbocycles. The van der Waals surface area contributed by atoms with Crippen molar-refractivity contribution < 1.29 is 5.11 Å². The maximum Gasteiger partial charge on any atom is 0.0438 e. The van der Waals surface area contributed by atoms with Gasteiger partial charge in [0.15, 0.2) is 0 Å². The van der Waals surface area contributed by atoms with Gasteiger partial charge in [-0.05, 0) is 32.2 Å². The molecule has 0 atom stereocenters. The Labute approximate surface area is 93.1 Å². The van der Waals surface area contributed by atoms with E-state index in [2.05, 4.69) is 18.9 Å². The molecule has 0 aliphatic rings. The number of aliphatic hydroxyl groups is 1. The third-order valence-electron chi connectivity index (χ3n) is 2.21. The molecule has 1 N–H and O–H groups in total. The van der Waals surface area contributed by atoms with E-state index in [0.717, 1.165) is 12.2 Å². The van der Waals surface area contributed by atoms with Gasteiger partial charge in [-0.2, -0.15) is 11.8 Å². The Morgan fingerprint density at radius 1 is 1.07 bits per heavy atom. The van der Waals surface area contributed by atoms with E-state index < -0.39 is 0 Å². The molecule has 86 valence electrons. The second kappa shape index (κ2) is 11.3. The summed E-state index contributed by atoms with van der Waals surface area (Å²) in [6.07, 6.45) is 4.92. The number of hydrogen-bond donors (Lipinski definition) is 1. The minimum absolute atomic E-state index is 0.333. The molecule has 2 nitrogen and oxygen atoms in total. The van der Waals surface area contributed by atoms with Gasteiger partial charge in [0.25, 0.3) is 0 Å². The van der Waals surface area contributed by atoms with E-state index in [4.69, 9.17) is 5.11 Å². The van der Waals surface area contributed by atoms with E-state index in [0.29, 0.717) is 6.61 Å². The Hall–Kier alpha value is 0.270. The van der Waals surface area contributed by atoms with Crippen LogP contribution in [0.25, 0.3) is 0 Å². The van der Waals surface area contributed by atoms with Gasteiger partial charge in [-0.3, -0.25) is 0 Å². The predicted molar refractivity (Wildman–Crippen MR) is 66.0 cm³/mol. The van der Waals surface area contributed by atoms with Crippen LogP contribution in [0.3, 0.4) is 0 Å². The SMILES string of the molecule is CCCCCN(C)CCSCCCO. The summed E-state index contributed by atoms with van der Waals surface area (Å²) in [6.45, 7) is 4.98. The average Bonchev–Trinajstić information content (AvgIpc) is 2.18. The first-order chi connectivity index (χ1) is 6.81. The molecule has 0 amide bonds. The van der Waals surface area contributed by atoms with Gasteiger partial charge in [0, 0.05) is 18.9 Å². The number of aliphatic hydroxyl groups excluding tert-OH is 1. The molecule has 0 rings (SSSR count). The summed E-state index contributed by atoms with van der Waals surface area (Å²) < 4.78 is 0. The van der Waals surface area contributed by atoms with Gasteiger partial charge in [0.05, 0.1) is 0 Å². The summed E-state index contributed by atoms with van der Waals surface area (Å²) in [4.78, 5) is 2.40. The summed E-state index contributed by atoms with van der Waals surface area (Å²) in [5.74, 6) is 2.29. The summed E-state index contributed by atoms with van der Waals surface area (Å²) in [7, 11) is 2.20. The van der Waals surface area contributed by atoms with Gasteiger partial charge in [-0.15, -0.1) is 0 Å². The van der Waals surface area contributed by atoms with E-state index in [1.165, 1.54) is 38.1 Å². The van der Waals surface area contributed by atoms with Crippen molar-refractivity contribution in [3.8, 4) is 0 Å². The van der Waals surface area contributed by atoms with Crippen LogP contribution in [-0.4, -0.2) is 48.3 Å². The molecular formula is C11H25NOS. The monoisotopic (exact) mass is 219 g/mol. The zero-order valence-electron chi connectivity index (χ0n) is 9.67. The maximum atomic E-state index is 8.59. The van der Waals surface area contributed by atoms with Crippen molar-refractivity contribution in [2.45, 2.75) is 32.6 Å². The second-order valence-corrected chi connectivity index (χ2v) is 4.92.